The van der Waals surface area contributed by atoms with Gasteiger partial charge in [0.25, 0.3) is 5.91 Å². The summed E-state index contributed by atoms with van der Waals surface area (Å²) >= 11 is 0. The second kappa shape index (κ2) is 5.98. The first kappa shape index (κ1) is 14.4. The highest BCUT2D eigenvalue weighted by Gasteiger charge is 2.16. The number of nitrogens with two attached hydrogens (primary N) is 1. The lowest BCUT2D eigenvalue weighted by molar-refractivity contribution is 0.102. The molecule has 0 saturated heterocycles. The quantitative estimate of drug-likeness (QED) is 0.590. The lowest BCUT2D eigenvalue weighted by atomic mass is 10.1. The van der Waals surface area contributed by atoms with E-state index in [4.69, 9.17) is 11.1 Å². The standard InChI is InChI=1S/C14H12FN5O/c1-8-2-3-9(7-16)6-11(8)19-14(21)10-4-5-18-13(20-17)12(10)15/h2-6H,17H2,1H3,(H,18,20)(H,19,21). The molecule has 6 nitrogen and oxygen atoms in total. The number of nitriles is 1. The lowest BCUT2D eigenvalue weighted by Crippen LogP contribution is -2.18. The van der Waals surface area contributed by atoms with Gasteiger partial charge in [0.2, 0.25) is 0 Å². The number of nitrogen functional groups attached to an aromatic ring is 1. The molecule has 0 aliphatic rings. The van der Waals surface area contributed by atoms with Gasteiger partial charge in [-0.15, -0.1) is 0 Å². The van der Waals surface area contributed by atoms with Crippen molar-refractivity contribution >= 4 is 17.4 Å². The number of benzene rings is 1. The first-order chi connectivity index (χ1) is 10.1. The Kier molecular flexibility index (Phi) is 4.11. The molecule has 1 amide bonds. The zero-order valence-electron chi connectivity index (χ0n) is 11.1. The van der Waals surface area contributed by atoms with Crippen LogP contribution in [0.15, 0.2) is 30.5 Å². The van der Waals surface area contributed by atoms with Gasteiger partial charge in [-0.1, -0.05) is 6.07 Å². The predicted octanol–water partition coefficient (Wildman–Crippen LogP) is 1.94. The summed E-state index contributed by atoms with van der Waals surface area (Å²) in [6.45, 7) is 1.77. The molecule has 0 unspecified atom stereocenters. The van der Waals surface area contributed by atoms with E-state index in [9.17, 15) is 9.18 Å². The molecule has 1 aromatic carbocycles. The minimum Gasteiger partial charge on any atom is -0.322 e. The van der Waals surface area contributed by atoms with Gasteiger partial charge >= 0.3 is 0 Å². The van der Waals surface area contributed by atoms with E-state index < -0.39 is 11.7 Å². The van der Waals surface area contributed by atoms with Gasteiger partial charge < -0.3 is 10.7 Å². The molecule has 21 heavy (non-hydrogen) atoms. The van der Waals surface area contributed by atoms with E-state index in [2.05, 4.69) is 15.7 Å². The van der Waals surface area contributed by atoms with Crippen LogP contribution < -0.4 is 16.6 Å². The average Bonchev–Trinajstić information content (AvgIpc) is 2.49. The Hall–Kier alpha value is -2.98. The highest BCUT2D eigenvalue weighted by molar-refractivity contribution is 6.05. The Bertz CT molecular complexity index is 739. The maximum absolute atomic E-state index is 14.0. The minimum absolute atomic E-state index is 0.195. The Morgan fingerprint density at radius 3 is 2.86 bits per heavy atom. The third-order valence-electron chi connectivity index (χ3n) is 2.89. The monoisotopic (exact) mass is 285 g/mol. The van der Waals surface area contributed by atoms with Crippen LogP contribution in [0, 0.1) is 24.1 Å². The van der Waals surface area contributed by atoms with Crippen molar-refractivity contribution in [2.75, 3.05) is 10.7 Å². The van der Waals surface area contributed by atoms with Crippen molar-refractivity contribution in [3.8, 4) is 6.07 Å². The largest absolute Gasteiger partial charge is 0.322 e. The molecule has 4 N–H and O–H groups in total. The van der Waals surface area contributed by atoms with Gasteiger partial charge in [-0.25, -0.2) is 15.2 Å². The normalized spacial score (nSPS) is 9.81. The smallest absolute Gasteiger partial charge is 0.258 e. The number of carbonyl (C=O) groups excluding carboxylic acids is 1. The average molecular weight is 285 g/mol. The molecule has 0 atom stereocenters. The fourth-order valence-electron chi connectivity index (χ4n) is 1.74. The molecule has 0 fully saturated rings. The first-order valence-corrected chi connectivity index (χ1v) is 6.00. The van der Waals surface area contributed by atoms with Crippen molar-refractivity contribution < 1.29 is 9.18 Å². The minimum atomic E-state index is -0.841. The fourth-order valence-corrected chi connectivity index (χ4v) is 1.74. The molecule has 1 heterocycles. The van der Waals surface area contributed by atoms with E-state index >= 15 is 0 Å². The second-order valence-electron chi connectivity index (χ2n) is 4.26. The molecule has 2 aromatic rings. The highest BCUT2D eigenvalue weighted by atomic mass is 19.1. The summed E-state index contributed by atoms with van der Waals surface area (Å²) in [7, 11) is 0. The molecule has 7 heteroatoms. The van der Waals surface area contributed by atoms with Crippen LogP contribution in [0.5, 0.6) is 0 Å². The summed E-state index contributed by atoms with van der Waals surface area (Å²) in [5.74, 6) is 3.41. The van der Waals surface area contributed by atoms with E-state index in [1.54, 1.807) is 19.1 Å². The molecule has 1 aromatic heterocycles. The molecule has 0 saturated carbocycles. The lowest BCUT2D eigenvalue weighted by Gasteiger charge is -2.10. The maximum atomic E-state index is 14.0. The summed E-state index contributed by atoms with van der Waals surface area (Å²) < 4.78 is 14.0. The molecular weight excluding hydrogens is 273 g/mol. The van der Waals surface area contributed by atoms with Crippen LogP contribution in [0.1, 0.15) is 21.5 Å². The number of pyridine rings is 1. The fraction of sp³-hybridized carbons (Fsp3) is 0.0714. The summed E-state index contributed by atoms with van der Waals surface area (Å²) in [4.78, 5) is 15.8. The van der Waals surface area contributed by atoms with Gasteiger partial charge in [-0.3, -0.25) is 4.79 Å². The van der Waals surface area contributed by atoms with Gasteiger partial charge in [-0.05, 0) is 30.7 Å². The zero-order valence-corrected chi connectivity index (χ0v) is 11.1. The summed E-state index contributed by atoms with van der Waals surface area (Å²) in [5, 5.41) is 11.4. The van der Waals surface area contributed by atoms with E-state index in [1.165, 1.54) is 18.3 Å². The number of anilines is 2. The van der Waals surface area contributed by atoms with Crippen LogP contribution in [0.25, 0.3) is 0 Å². The first-order valence-electron chi connectivity index (χ1n) is 6.00. The number of carbonyl (C=O) groups is 1. The van der Waals surface area contributed by atoms with Gasteiger partial charge in [0.05, 0.1) is 17.2 Å². The molecule has 0 spiro atoms. The number of hydrazine groups is 1. The maximum Gasteiger partial charge on any atom is 0.258 e. The third kappa shape index (κ3) is 2.96. The summed E-state index contributed by atoms with van der Waals surface area (Å²) in [5.41, 5.74) is 3.48. The van der Waals surface area contributed by atoms with Crippen LogP contribution in [-0.4, -0.2) is 10.9 Å². The SMILES string of the molecule is Cc1ccc(C#N)cc1NC(=O)c1ccnc(NN)c1F. The molecule has 0 bridgehead atoms. The van der Waals surface area contributed by atoms with Crippen LogP contribution in [-0.2, 0) is 0 Å². The molecule has 0 aliphatic carbocycles. The van der Waals surface area contributed by atoms with E-state index in [1.807, 2.05) is 6.07 Å². The number of aryl methyl sites for hydroxylation is 1. The van der Waals surface area contributed by atoms with Gasteiger partial charge in [0.15, 0.2) is 11.6 Å². The number of hydrogen-bond donors (Lipinski definition) is 3. The number of amides is 1. The Labute approximate surface area is 120 Å². The zero-order chi connectivity index (χ0) is 15.4. The van der Waals surface area contributed by atoms with Crippen LogP contribution in [0.3, 0.4) is 0 Å². The van der Waals surface area contributed by atoms with Crippen molar-refractivity contribution in [1.29, 1.82) is 5.26 Å². The molecule has 0 aliphatic heterocycles. The Morgan fingerprint density at radius 2 is 2.19 bits per heavy atom. The Morgan fingerprint density at radius 1 is 1.43 bits per heavy atom. The number of aromatic nitrogens is 1. The Balaban J connectivity index is 2.33. The topological polar surface area (TPSA) is 104 Å². The highest BCUT2D eigenvalue weighted by Crippen LogP contribution is 2.19. The predicted molar refractivity (Wildman–Crippen MR) is 75.9 cm³/mol. The van der Waals surface area contributed by atoms with Crippen molar-refractivity contribution in [3.63, 3.8) is 0 Å². The van der Waals surface area contributed by atoms with Gasteiger partial charge in [0.1, 0.15) is 0 Å². The number of hydrogen-bond acceptors (Lipinski definition) is 5. The van der Waals surface area contributed by atoms with Crippen molar-refractivity contribution in [2.45, 2.75) is 6.92 Å². The number of nitrogens with one attached hydrogen (secondary N) is 2. The molecule has 2 rings (SSSR count). The van der Waals surface area contributed by atoms with Crippen LogP contribution in [0.4, 0.5) is 15.9 Å². The van der Waals surface area contributed by atoms with E-state index in [0.29, 0.717) is 11.3 Å². The number of halogens is 1. The van der Waals surface area contributed by atoms with Crippen molar-refractivity contribution in [3.05, 3.63) is 53.0 Å². The molecule has 106 valence electrons. The van der Waals surface area contributed by atoms with E-state index in [0.717, 1.165) is 5.56 Å². The third-order valence-corrected chi connectivity index (χ3v) is 2.89. The van der Waals surface area contributed by atoms with Gasteiger partial charge in [-0.2, -0.15) is 5.26 Å². The number of nitrogens with zero attached hydrogens (tertiary/aromatic N) is 2. The molecular formula is C14H12FN5O. The second-order valence-corrected chi connectivity index (χ2v) is 4.26. The summed E-state index contributed by atoms with van der Waals surface area (Å²) in [6, 6.07) is 8.07. The van der Waals surface area contributed by atoms with Crippen molar-refractivity contribution in [1.82, 2.24) is 4.98 Å². The molecule has 0 radical (unpaired) electrons. The van der Waals surface area contributed by atoms with E-state index in [-0.39, 0.29) is 11.4 Å². The van der Waals surface area contributed by atoms with Gasteiger partial charge in [0, 0.05) is 11.9 Å². The van der Waals surface area contributed by atoms with Crippen LogP contribution >= 0.6 is 0 Å². The van der Waals surface area contributed by atoms with Crippen LogP contribution in [0.2, 0.25) is 0 Å². The van der Waals surface area contributed by atoms with Crippen molar-refractivity contribution in [2.24, 2.45) is 5.84 Å². The number of rotatable bonds is 3. The summed E-state index contributed by atoms with van der Waals surface area (Å²) in [6.07, 6.45) is 1.27.